The number of rotatable bonds is 4. The number of fused-ring (bicyclic) bond motifs is 1. The second-order valence-corrected chi connectivity index (χ2v) is 7.25. The van der Waals surface area contributed by atoms with Gasteiger partial charge in [-0.25, -0.2) is 4.79 Å². The average Bonchev–Trinajstić information content (AvgIpc) is 3.19. The minimum atomic E-state index is -0.466. The fraction of sp³-hybridized carbons (Fsp3) is 0.526. The van der Waals surface area contributed by atoms with Crippen LogP contribution in [0.1, 0.15) is 12.8 Å². The molecule has 0 bridgehead atoms. The van der Waals surface area contributed by atoms with Gasteiger partial charge in [0.2, 0.25) is 5.91 Å². The highest BCUT2D eigenvalue weighted by molar-refractivity contribution is 5.85. The first-order valence-electron chi connectivity index (χ1n) is 9.58. The molecule has 1 amide bonds. The quantitative estimate of drug-likeness (QED) is 0.745. The molecule has 4 rings (SSSR count). The van der Waals surface area contributed by atoms with Crippen molar-refractivity contribution in [3.05, 3.63) is 45.1 Å². The van der Waals surface area contributed by atoms with Crippen LogP contribution in [0.25, 0.3) is 10.9 Å². The Morgan fingerprint density at radius 3 is 2.64 bits per heavy atom. The van der Waals surface area contributed by atoms with Crippen molar-refractivity contribution in [2.24, 2.45) is 0 Å². The van der Waals surface area contributed by atoms with Crippen LogP contribution in [0, 0.1) is 0 Å². The molecule has 2 fully saturated rings. The van der Waals surface area contributed by atoms with Crippen molar-refractivity contribution in [1.29, 1.82) is 0 Å². The number of hydrogen-bond acceptors (Lipinski definition) is 5. The number of aromatic amines is 1. The summed E-state index contributed by atoms with van der Waals surface area (Å²) in [5.74, 6) is 0.0646. The summed E-state index contributed by atoms with van der Waals surface area (Å²) in [5.41, 5.74) is -0.289. The van der Waals surface area contributed by atoms with Crippen LogP contribution in [-0.4, -0.2) is 70.6 Å². The summed E-state index contributed by atoms with van der Waals surface area (Å²) >= 11 is 0. The van der Waals surface area contributed by atoms with Crippen molar-refractivity contribution < 1.29 is 4.79 Å². The van der Waals surface area contributed by atoms with Crippen LogP contribution >= 0.6 is 12.4 Å². The Morgan fingerprint density at radius 2 is 1.86 bits per heavy atom. The molecule has 2 aliphatic rings. The van der Waals surface area contributed by atoms with Gasteiger partial charge in [0.15, 0.2) is 0 Å². The summed E-state index contributed by atoms with van der Waals surface area (Å²) in [4.78, 5) is 43.5. The molecule has 9 heteroatoms. The maximum atomic E-state index is 12.7. The minimum absolute atomic E-state index is 0. The molecule has 2 N–H and O–H groups in total. The van der Waals surface area contributed by atoms with Crippen LogP contribution in [-0.2, 0) is 11.3 Å². The molecule has 0 saturated carbocycles. The molecular formula is C19H26ClN5O3. The average molecular weight is 408 g/mol. The van der Waals surface area contributed by atoms with E-state index >= 15 is 0 Å². The van der Waals surface area contributed by atoms with E-state index in [1.165, 1.54) is 4.57 Å². The fourth-order valence-electron chi connectivity index (χ4n) is 4.14. The summed E-state index contributed by atoms with van der Waals surface area (Å²) < 4.78 is 1.48. The summed E-state index contributed by atoms with van der Waals surface area (Å²) in [5, 5.41) is 3.82. The Kier molecular flexibility index (Phi) is 6.53. The van der Waals surface area contributed by atoms with Crippen molar-refractivity contribution in [2.45, 2.75) is 25.4 Å². The van der Waals surface area contributed by atoms with Gasteiger partial charge >= 0.3 is 5.69 Å². The van der Waals surface area contributed by atoms with Gasteiger partial charge in [0, 0.05) is 58.3 Å². The molecule has 8 nitrogen and oxygen atoms in total. The fourth-order valence-corrected chi connectivity index (χ4v) is 4.14. The molecule has 2 aromatic rings. The van der Waals surface area contributed by atoms with Gasteiger partial charge < -0.3 is 10.2 Å². The van der Waals surface area contributed by atoms with Crippen molar-refractivity contribution in [2.75, 3.05) is 39.3 Å². The lowest BCUT2D eigenvalue weighted by atomic mass is 10.2. The third kappa shape index (κ3) is 4.14. The van der Waals surface area contributed by atoms with Gasteiger partial charge in [0.05, 0.1) is 10.9 Å². The summed E-state index contributed by atoms with van der Waals surface area (Å²) in [6.45, 7) is 5.88. The van der Waals surface area contributed by atoms with E-state index in [0.29, 0.717) is 16.9 Å². The number of hydrogen-bond donors (Lipinski definition) is 2. The van der Waals surface area contributed by atoms with E-state index in [1.54, 1.807) is 24.3 Å². The largest absolute Gasteiger partial charge is 0.341 e. The summed E-state index contributed by atoms with van der Waals surface area (Å²) in [6, 6.07) is 7.42. The monoisotopic (exact) mass is 407 g/mol. The molecule has 1 aromatic carbocycles. The predicted octanol–water partition coefficient (Wildman–Crippen LogP) is 0.00780. The Balaban J connectivity index is 0.00000225. The lowest BCUT2D eigenvalue weighted by Gasteiger charge is -2.32. The van der Waals surface area contributed by atoms with Crippen LogP contribution in [0.5, 0.6) is 0 Å². The number of benzene rings is 1. The number of amides is 1. The van der Waals surface area contributed by atoms with Gasteiger partial charge in [-0.3, -0.25) is 24.0 Å². The van der Waals surface area contributed by atoms with E-state index in [2.05, 4.69) is 15.2 Å². The molecule has 152 valence electrons. The molecule has 0 spiro atoms. The van der Waals surface area contributed by atoms with Gasteiger partial charge in [0.1, 0.15) is 0 Å². The van der Waals surface area contributed by atoms with E-state index < -0.39 is 11.2 Å². The van der Waals surface area contributed by atoms with Gasteiger partial charge in [0.25, 0.3) is 5.56 Å². The zero-order chi connectivity index (χ0) is 18.8. The smallest absolute Gasteiger partial charge is 0.328 e. The van der Waals surface area contributed by atoms with Crippen molar-refractivity contribution in [3.8, 4) is 0 Å². The SMILES string of the molecule is Cl.O=C(CCn1c(=O)[nH]c(=O)c2ccccc21)N1CCC(N2CCNCC2)C1. The third-order valence-electron chi connectivity index (χ3n) is 5.64. The van der Waals surface area contributed by atoms with Crippen LogP contribution < -0.4 is 16.6 Å². The molecule has 28 heavy (non-hydrogen) atoms. The molecule has 2 aliphatic heterocycles. The molecule has 3 heterocycles. The number of carbonyl (C=O) groups excluding carboxylic acids is 1. The molecular weight excluding hydrogens is 382 g/mol. The Hall–Kier alpha value is -2.16. The second-order valence-electron chi connectivity index (χ2n) is 7.25. The van der Waals surface area contributed by atoms with E-state index in [4.69, 9.17) is 0 Å². The first-order chi connectivity index (χ1) is 13.1. The minimum Gasteiger partial charge on any atom is -0.341 e. The summed E-state index contributed by atoms with van der Waals surface area (Å²) in [7, 11) is 0. The zero-order valence-electron chi connectivity index (χ0n) is 15.7. The number of aryl methyl sites for hydroxylation is 1. The summed E-state index contributed by atoms with van der Waals surface area (Å²) in [6.07, 6.45) is 1.26. The highest BCUT2D eigenvalue weighted by atomic mass is 35.5. The maximum absolute atomic E-state index is 12.7. The zero-order valence-corrected chi connectivity index (χ0v) is 16.5. The maximum Gasteiger partial charge on any atom is 0.328 e. The van der Waals surface area contributed by atoms with E-state index in [0.717, 1.165) is 45.7 Å². The normalized spacial score (nSPS) is 20.3. The molecule has 0 aliphatic carbocycles. The Bertz CT molecular complexity index is 950. The number of carbonyl (C=O) groups is 1. The molecule has 1 atom stereocenters. The first kappa shape index (κ1) is 20.6. The van der Waals surface area contributed by atoms with Crippen LogP contribution in [0.4, 0.5) is 0 Å². The number of nitrogens with one attached hydrogen (secondary N) is 2. The third-order valence-corrected chi connectivity index (χ3v) is 5.64. The van der Waals surface area contributed by atoms with Gasteiger partial charge in [-0.05, 0) is 18.6 Å². The molecule has 2 saturated heterocycles. The first-order valence-corrected chi connectivity index (χ1v) is 9.58. The lowest BCUT2D eigenvalue weighted by Crippen LogP contribution is -2.49. The number of halogens is 1. The Labute approximate surface area is 168 Å². The van der Waals surface area contributed by atoms with Crippen LogP contribution in [0.15, 0.2) is 33.9 Å². The lowest BCUT2D eigenvalue weighted by molar-refractivity contribution is -0.130. The van der Waals surface area contributed by atoms with Gasteiger partial charge in [-0.2, -0.15) is 0 Å². The molecule has 1 aromatic heterocycles. The number of piperazine rings is 1. The van der Waals surface area contributed by atoms with Crippen molar-refractivity contribution in [1.82, 2.24) is 24.7 Å². The van der Waals surface area contributed by atoms with Crippen molar-refractivity contribution >= 4 is 29.2 Å². The topological polar surface area (TPSA) is 90.4 Å². The van der Waals surface area contributed by atoms with E-state index in [-0.39, 0.29) is 31.3 Å². The van der Waals surface area contributed by atoms with Crippen LogP contribution in [0.2, 0.25) is 0 Å². The predicted molar refractivity (Wildman–Crippen MR) is 110 cm³/mol. The number of H-pyrrole nitrogens is 1. The molecule has 1 unspecified atom stereocenters. The second kappa shape index (κ2) is 8.89. The van der Waals surface area contributed by atoms with Gasteiger partial charge in [-0.15, -0.1) is 12.4 Å². The van der Waals surface area contributed by atoms with E-state index in [1.807, 2.05) is 4.90 Å². The van der Waals surface area contributed by atoms with Gasteiger partial charge in [-0.1, -0.05) is 12.1 Å². The number of para-hydroxylation sites is 1. The van der Waals surface area contributed by atoms with Crippen molar-refractivity contribution in [3.63, 3.8) is 0 Å². The molecule has 0 radical (unpaired) electrons. The highest BCUT2D eigenvalue weighted by Gasteiger charge is 2.30. The number of aromatic nitrogens is 2. The standard InChI is InChI=1S/C19H25N5O3.ClH/c25-17(23-9-5-14(13-23)22-11-7-20-8-12-22)6-10-24-16-4-2-1-3-15(16)18(26)21-19(24)27;/h1-4,14,20H,5-13H2,(H,21,26,27);1H. The number of likely N-dealkylation sites (tertiary alicyclic amines) is 1. The Morgan fingerprint density at radius 1 is 1.11 bits per heavy atom. The number of nitrogens with zero attached hydrogens (tertiary/aromatic N) is 3. The van der Waals surface area contributed by atoms with E-state index in [9.17, 15) is 14.4 Å². The highest BCUT2D eigenvalue weighted by Crippen LogP contribution is 2.17. The van der Waals surface area contributed by atoms with Crippen LogP contribution in [0.3, 0.4) is 0 Å².